The van der Waals surface area contributed by atoms with Crippen molar-refractivity contribution in [2.75, 3.05) is 19.6 Å². The fraction of sp³-hybridized carbons (Fsp3) is 0.571. The summed E-state index contributed by atoms with van der Waals surface area (Å²) in [5, 5.41) is 2.70. The largest absolute Gasteiger partial charge is 0.347 e. The lowest BCUT2D eigenvalue weighted by atomic mass is 10.0. The first-order valence-corrected chi connectivity index (χ1v) is 9.93. The molecule has 2 rings (SSSR count). The molecule has 0 bridgehead atoms. The Morgan fingerprint density at radius 2 is 2.11 bits per heavy atom. The number of nitrogens with one attached hydrogen (secondary N) is 1. The number of benzene rings is 1. The fourth-order valence-corrected chi connectivity index (χ4v) is 3.65. The second-order valence-electron chi connectivity index (χ2n) is 7.14. The van der Waals surface area contributed by atoms with Gasteiger partial charge in [0.25, 0.3) is 0 Å². The van der Waals surface area contributed by atoms with Crippen LogP contribution in [0.4, 0.5) is 0 Å². The number of carbonyl (C=O) groups excluding carboxylic acids is 3. The molecule has 148 valence electrons. The summed E-state index contributed by atoms with van der Waals surface area (Å²) in [4.78, 5) is 39.0. The molecule has 1 aliphatic rings. The third-order valence-electron chi connectivity index (χ3n) is 5.19. The van der Waals surface area contributed by atoms with Crippen LogP contribution in [0.15, 0.2) is 30.3 Å². The van der Waals surface area contributed by atoms with Crippen molar-refractivity contribution < 1.29 is 14.4 Å². The van der Waals surface area contributed by atoms with E-state index in [1.54, 1.807) is 4.90 Å². The molecular weight excluding hydrogens is 342 g/mol. The van der Waals surface area contributed by atoms with E-state index in [1.165, 1.54) is 0 Å². The number of carbonyl (C=O) groups is 3. The number of unbranched alkanes of at least 4 members (excludes halogenated alkanes) is 1. The number of likely N-dealkylation sites (tertiary alicyclic amines) is 1. The van der Waals surface area contributed by atoms with Crippen molar-refractivity contribution in [2.45, 2.75) is 57.5 Å². The summed E-state index contributed by atoms with van der Waals surface area (Å²) in [6.45, 7) is 4.08. The molecule has 0 spiro atoms. The normalized spacial score (nSPS) is 17.4. The molecule has 1 fully saturated rings. The molecule has 27 heavy (non-hydrogen) atoms. The van der Waals surface area contributed by atoms with Crippen LogP contribution in [0.1, 0.15) is 44.6 Å². The molecule has 0 saturated carbocycles. The van der Waals surface area contributed by atoms with Crippen LogP contribution in [0.3, 0.4) is 0 Å². The van der Waals surface area contributed by atoms with Crippen LogP contribution >= 0.6 is 0 Å². The van der Waals surface area contributed by atoms with Crippen molar-refractivity contribution in [1.29, 1.82) is 0 Å². The molecule has 1 aliphatic heterocycles. The second-order valence-corrected chi connectivity index (χ2v) is 7.14. The highest BCUT2D eigenvalue weighted by Crippen LogP contribution is 2.20. The van der Waals surface area contributed by atoms with E-state index in [2.05, 4.69) is 12.2 Å². The Labute approximate surface area is 161 Å². The van der Waals surface area contributed by atoms with Gasteiger partial charge < -0.3 is 15.1 Å². The van der Waals surface area contributed by atoms with Gasteiger partial charge in [-0.15, -0.1) is 0 Å². The fourth-order valence-electron chi connectivity index (χ4n) is 3.65. The Morgan fingerprint density at radius 3 is 2.78 bits per heavy atom. The highest BCUT2D eigenvalue weighted by molar-refractivity contribution is 5.84. The van der Waals surface area contributed by atoms with Crippen LogP contribution < -0.4 is 5.32 Å². The highest BCUT2D eigenvalue weighted by Gasteiger charge is 2.33. The number of amides is 3. The first kappa shape index (κ1) is 20.9. The molecule has 3 amide bonds. The molecule has 2 atom stereocenters. The topological polar surface area (TPSA) is 69.7 Å². The summed E-state index contributed by atoms with van der Waals surface area (Å²) in [6.07, 6.45) is 6.61. The Morgan fingerprint density at radius 1 is 1.33 bits per heavy atom. The maximum Gasteiger partial charge on any atom is 0.245 e. The average molecular weight is 373 g/mol. The van der Waals surface area contributed by atoms with Gasteiger partial charge in [0.05, 0.1) is 0 Å². The molecule has 0 radical (unpaired) electrons. The van der Waals surface area contributed by atoms with Crippen molar-refractivity contribution in [1.82, 2.24) is 15.1 Å². The van der Waals surface area contributed by atoms with Crippen LogP contribution in [-0.4, -0.2) is 60.2 Å². The van der Waals surface area contributed by atoms with Crippen LogP contribution in [-0.2, 0) is 20.8 Å². The van der Waals surface area contributed by atoms with Crippen LogP contribution in [0.2, 0.25) is 0 Å². The van der Waals surface area contributed by atoms with E-state index in [-0.39, 0.29) is 11.9 Å². The van der Waals surface area contributed by atoms with Gasteiger partial charge in [0, 0.05) is 25.7 Å². The Hall–Kier alpha value is -2.37. The Bertz CT molecular complexity index is 594. The van der Waals surface area contributed by atoms with Gasteiger partial charge in [-0.25, -0.2) is 0 Å². The van der Waals surface area contributed by atoms with Crippen LogP contribution in [0.25, 0.3) is 0 Å². The molecule has 0 aromatic heterocycles. The van der Waals surface area contributed by atoms with Crippen LogP contribution in [0, 0.1) is 0 Å². The molecule has 1 saturated heterocycles. The van der Waals surface area contributed by atoms with E-state index in [1.807, 2.05) is 35.2 Å². The lowest BCUT2D eigenvalue weighted by Gasteiger charge is -2.31. The molecule has 6 heteroatoms. The number of rotatable bonds is 12. The Kier molecular flexibility index (Phi) is 8.81. The third kappa shape index (κ3) is 6.38. The minimum Gasteiger partial charge on any atom is -0.347 e. The zero-order valence-electron chi connectivity index (χ0n) is 16.2. The monoisotopic (exact) mass is 373 g/mol. The number of hydrogen-bond acceptors (Lipinski definition) is 3. The van der Waals surface area contributed by atoms with Gasteiger partial charge in [-0.2, -0.15) is 0 Å². The first-order chi connectivity index (χ1) is 13.2. The van der Waals surface area contributed by atoms with Gasteiger partial charge in [-0.1, -0.05) is 43.7 Å². The summed E-state index contributed by atoms with van der Waals surface area (Å²) in [5.74, 6) is -0.0399. The van der Waals surface area contributed by atoms with Gasteiger partial charge in [0.1, 0.15) is 6.04 Å². The minimum absolute atomic E-state index is 0.0345. The molecule has 1 aromatic rings. The molecule has 1 N–H and O–H groups in total. The summed E-state index contributed by atoms with van der Waals surface area (Å²) in [6, 6.07) is 9.46. The van der Waals surface area contributed by atoms with E-state index >= 15 is 0 Å². The van der Waals surface area contributed by atoms with Gasteiger partial charge in [0.15, 0.2) is 0 Å². The summed E-state index contributed by atoms with van der Waals surface area (Å²) < 4.78 is 0. The lowest BCUT2D eigenvalue weighted by molar-refractivity contribution is -0.136. The van der Waals surface area contributed by atoms with Gasteiger partial charge >= 0.3 is 0 Å². The smallest absolute Gasteiger partial charge is 0.245 e. The summed E-state index contributed by atoms with van der Waals surface area (Å²) >= 11 is 0. The van der Waals surface area contributed by atoms with Crippen molar-refractivity contribution in [3.05, 3.63) is 35.9 Å². The summed E-state index contributed by atoms with van der Waals surface area (Å²) in [5.41, 5.74) is 1.15. The molecule has 6 nitrogen and oxygen atoms in total. The Balaban J connectivity index is 1.97. The molecule has 2 unspecified atom stereocenters. The predicted molar refractivity (Wildman–Crippen MR) is 105 cm³/mol. The first-order valence-electron chi connectivity index (χ1n) is 9.93. The minimum atomic E-state index is -0.524. The van der Waals surface area contributed by atoms with Crippen molar-refractivity contribution >= 4 is 18.7 Å². The van der Waals surface area contributed by atoms with E-state index in [0.29, 0.717) is 25.9 Å². The SMILES string of the molecule is CCCCN(C=O)CC1CCCN1C(=O)C(CCc1ccccc1)NC=O. The maximum atomic E-state index is 13.0. The predicted octanol–water partition coefficient (Wildman–Crippen LogP) is 1.98. The van der Waals surface area contributed by atoms with E-state index in [4.69, 9.17) is 0 Å². The van der Waals surface area contributed by atoms with Crippen molar-refractivity contribution in [3.8, 4) is 0 Å². The number of nitrogens with zero attached hydrogens (tertiary/aromatic N) is 2. The third-order valence-corrected chi connectivity index (χ3v) is 5.19. The van der Waals surface area contributed by atoms with E-state index in [0.717, 1.165) is 50.6 Å². The van der Waals surface area contributed by atoms with Gasteiger partial charge in [0.2, 0.25) is 18.7 Å². The van der Waals surface area contributed by atoms with Gasteiger partial charge in [-0.3, -0.25) is 14.4 Å². The number of hydrogen-bond donors (Lipinski definition) is 1. The number of aryl methyl sites for hydroxylation is 1. The zero-order valence-corrected chi connectivity index (χ0v) is 16.2. The lowest BCUT2D eigenvalue weighted by Crippen LogP contribution is -2.50. The van der Waals surface area contributed by atoms with Crippen molar-refractivity contribution in [2.24, 2.45) is 0 Å². The average Bonchev–Trinajstić information content (AvgIpc) is 3.16. The van der Waals surface area contributed by atoms with Crippen LogP contribution in [0.5, 0.6) is 0 Å². The zero-order chi connectivity index (χ0) is 19.5. The molecular formula is C21H31N3O3. The quantitative estimate of drug-likeness (QED) is 0.570. The molecule has 1 aromatic carbocycles. The second kappa shape index (κ2) is 11.4. The molecule has 1 heterocycles. The van der Waals surface area contributed by atoms with E-state index in [9.17, 15) is 14.4 Å². The highest BCUT2D eigenvalue weighted by atomic mass is 16.2. The van der Waals surface area contributed by atoms with E-state index < -0.39 is 6.04 Å². The maximum absolute atomic E-state index is 13.0. The molecule has 0 aliphatic carbocycles. The summed E-state index contributed by atoms with van der Waals surface area (Å²) in [7, 11) is 0. The van der Waals surface area contributed by atoms with Crippen molar-refractivity contribution in [3.63, 3.8) is 0 Å². The van der Waals surface area contributed by atoms with Gasteiger partial charge in [-0.05, 0) is 37.7 Å². The standard InChI is InChI=1S/C21H31N3O3/c1-2-3-13-23(17-26)15-19-10-7-14-24(19)21(27)20(22-16-25)12-11-18-8-5-4-6-9-18/h4-6,8-9,16-17,19-20H,2-3,7,10-15H2,1H3,(H,22,25).